The molecule has 0 aliphatic heterocycles. The van der Waals surface area contributed by atoms with Crippen LogP contribution in [-0.4, -0.2) is 57.2 Å². The van der Waals surface area contributed by atoms with Crippen LogP contribution in [0.4, 0.5) is 0 Å². The van der Waals surface area contributed by atoms with Gasteiger partial charge in [0.2, 0.25) is 17.9 Å². The Bertz CT molecular complexity index is 1110. The number of hydrogen-bond donors (Lipinski definition) is 4. The summed E-state index contributed by atoms with van der Waals surface area (Å²) < 4.78 is 5.73. The molecule has 0 saturated heterocycles. The number of unbranched alkanes of at least 4 members (excludes halogenated alkanes) is 2. The van der Waals surface area contributed by atoms with Gasteiger partial charge in [0.1, 0.15) is 11.8 Å². The number of ether oxygens (including phenoxy) is 1. The fourth-order valence-corrected chi connectivity index (χ4v) is 4.80. The molecule has 0 fully saturated rings. The van der Waals surface area contributed by atoms with Crippen molar-refractivity contribution in [3.8, 4) is 5.75 Å². The van der Waals surface area contributed by atoms with Crippen LogP contribution in [0.5, 0.6) is 5.75 Å². The number of carboxylic acid groups (broad SMARTS) is 2. The van der Waals surface area contributed by atoms with E-state index in [9.17, 15) is 29.4 Å². The Morgan fingerprint density at radius 3 is 2.15 bits per heavy atom. The van der Waals surface area contributed by atoms with E-state index in [-0.39, 0.29) is 18.2 Å². The molecule has 3 N–H and O–H groups in total. The molecule has 10 heteroatoms. The van der Waals surface area contributed by atoms with Gasteiger partial charge in [0.15, 0.2) is 0 Å². The van der Waals surface area contributed by atoms with Gasteiger partial charge in [0, 0.05) is 30.3 Å². The number of amides is 2. The number of carbonyl (C=O) groups excluding carboxylic acids is 2. The first kappa shape index (κ1) is 32.7. The summed E-state index contributed by atoms with van der Waals surface area (Å²) in [6.45, 7) is 6.37. The minimum Gasteiger partial charge on any atom is -0.481 e. The number of benzene rings is 2. The van der Waals surface area contributed by atoms with Crippen LogP contribution in [0.1, 0.15) is 63.7 Å². The zero-order chi connectivity index (χ0) is 29.7. The van der Waals surface area contributed by atoms with Crippen LogP contribution < -0.4 is 10.1 Å². The number of hydrogen-bond acceptors (Lipinski definition) is 6. The molecule has 0 aliphatic rings. The number of thiol groups is 1. The van der Waals surface area contributed by atoms with E-state index in [0.29, 0.717) is 17.9 Å². The van der Waals surface area contributed by atoms with Gasteiger partial charge in [-0.25, -0.2) is 4.79 Å². The van der Waals surface area contributed by atoms with Crippen molar-refractivity contribution in [2.24, 2.45) is 11.8 Å². The summed E-state index contributed by atoms with van der Waals surface area (Å²) in [5.41, 5.74) is 1.26. The van der Waals surface area contributed by atoms with Crippen molar-refractivity contribution in [1.29, 1.82) is 0 Å². The van der Waals surface area contributed by atoms with Gasteiger partial charge in [-0.15, -0.1) is 0 Å². The summed E-state index contributed by atoms with van der Waals surface area (Å²) in [7, 11) is 0. The predicted octanol–water partition coefficient (Wildman–Crippen LogP) is 4.57. The van der Waals surface area contributed by atoms with Crippen molar-refractivity contribution in [1.82, 2.24) is 10.2 Å². The molecule has 2 aromatic carbocycles. The standard InChI is InChI=1S/C30H40N2O7S/c1-4-5-9-16-32(29(36)25(17-26(33)34)31-28(35)24(19-40)20(2)3)18-21-12-14-23(15-13-21)39-27(30(37)38)22-10-7-6-8-11-22/h6-8,10-15,20,24-25,27,40H,4-5,9,16-19H2,1-3H3,(H,31,35)(H,33,34)(H,37,38)/t24?,25-,27?/m0/s1. The molecule has 3 atom stereocenters. The zero-order valence-electron chi connectivity index (χ0n) is 23.3. The minimum absolute atomic E-state index is 0.0258. The molecule has 0 spiro atoms. The smallest absolute Gasteiger partial charge is 0.349 e. The lowest BCUT2D eigenvalue weighted by molar-refractivity contribution is -0.145. The maximum Gasteiger partial charge on any atom is 0.349 e. The highest BCUT2D eigenvalue weighted by Gasteiger charge is 2.31. The molecular weight excluding hydrogens is 532 g/mol. The van der Waals surface area contributed by atoms with Gasteiger partial charge < -0.3 is 25.2 Å². The number of nitrogens with one attached hydrogen (secondary N) is 1. The third kappa shape index (κ3) is 10.2. The lowest BCUT2D eigenvalue weighted by Gasteiger charge is -2.29. The number of aliphatic carboxylic acids is 2. The largest absolute Gasteiger partial charge is 0.481 e. The Morgan fingerprint density at radius 1 is 0.975 bits per heavy atom. The molecule has 2 aromatic rings. The Balaban J connectivity index is 2.22. The number of nitrogens with zero attached hydrogens (tertiary/aromatic N) is 1. The molecule has 2 rings (SSSR count). The Morgan fingerprint density at radius 2 is 1.62 bits per heavy atom. The molecule has 0 heterocycles. The number of carboxylic acids is 2. The van der Waals surface area contributed by atoms with Crippen molar-refractivity contribution in [2.75, 3.05) is 12.3 Å². The second kappa shape index (κ2) is 16.5. The Labute approximate surface area is 241 Å². The van der Waals surface area contributed by atoms with Crippen LogP contribution >= 0.6 is 12.6 Å². The van der Waals surface area contributed by atoms with Crippen molar-refractivity contribution < 1.29 is 34.1 Å². The highest BCUT2D eigenvalue weighted by atomic mass is 32.1. The third-order valence-corrected chi connectivity index (χ3v) is 6.95. The predicted molar refractivity (Wildman–Crippen MR) is 155 cm³/mol. The highest BCUT2D eigenvalue weighted by molar-refractivity contribution is 7.80. The minimum atomic E-state index is -1.21. The molecule has 2 amide bonds. The first-order chi connectivity index (χ1) is 19.1. The first-order valence-corrected chi connectivity index (χ1v) is 14.2. The molecule has 2 unspecified atom stereocenters. The lowest BCUT2D eigenvalue weighted by atomic mass is 9.96. The van der Waals surface area contributed by atoms with E-state index in [0.717, 1.165) is 24.8 Å². The monoisotopic (exact) mass is 572 g/mol. The van der Waals surface area contributed by atoms with Crippen LogP contribution in [-0.2, 0) is 25.7 Å². The van der Waals surface area contributed by atoms with Crippen LogP contribution in [0.15, 0.2) is 54.6 Å². The van der Waals surface area contributed by atoms with Gasteiger partial charge in [-0.05, 0) is 30.0 Å². The van der Waals surface area contributed by atoms with E-state index in [2.05, 4.69) is 17.9 Å². The summed E-state index contributed by atoms with van der Waals surface area (Å²) in [5.74, 6) is -3.03. The molecule has 218 valence electrons. The molecule has 0 aliphatic carbocycles. The highest BCUT2D eigenvalue weighted by Crippen LogP contribution is 2.23. The van der Waals surface area contributed by atoms with Gasteiger partial charge in [-0.3, -0.25) is 14.4 Å². The molecular formula is C30H40N2O7S. The molecule has 9 nitrogen and oxygen atoms in total. The Hall–Kier alpha value is -3.53. The van der Waals surface area contributed by atoms with Crippen molar-refractivity contribution >= 4 is 36.4 Å². The summed E-state index contributed by atoms with van der Waals surface area (Å²) in [5, 5.41) is 21.8. The first-order valence-electron chi connectivity index (χ1n) is 13.5. The second-order valence-corrected chi connectivity index (χ2v) is 10.4. The second-order valence-electron chi connectivity index (χ2n) is 10.0. The zero-order valence-corrected chi connectivity index (χ0v) is 24.2. The molecule has 40 heavy (non-hydrogen) atoms. The van der Waals surface area contributed by atoms with E-state index >= 15 is 0 Å². The van der Waals surface area contributed by atoms with Crippen molar-refractivity contribution in [3.05, 3.63) is 65.7 Å². The lowest BCUT2D eigenvalue weighted by Crippen LogP contribution is -2.51. The quantitative estimate of drug-likeness (QED) is 0.161. The van der Waals surface area contributed by atoms with Crippen molar-refractivity contribution in [2.45, 2.75) is 65.1 Å². The van der Waals surface area contributed by atoms with Crippen LogP contribution in [0.2, 0.25) is 0 Å². The van der Waals surface area contributed by atoms with Gasteiger partial charge in [0.25, 0.3) is 0 Å². The fourth-order valence-electron chi connectivity index (χ4n) is 4.21. The summed E-state index contributed by atoms with van der Waals surface area (Å²) in [6, 6.07) is 14.2. The third-order valence-electron chi connectivity index (χ3n) is 6.55. The summed E-state index contributed by atoms with van der Waals surface area (Å²) in [6.07, 6.45) is 0.839. The van der Waals surface area contributed by atoms with Crippen molar-refractivity contribution in [3.63, 3.8) is 0 Å². The van der Waals surface area contributed by atoms with Crippen LogP contribution in [0.3, 0.4) is 0 Å². The van der Waals surface area contributed by atoms with E-state index in [1.165, 1.54) is 0 Å². The van der Waals surface area contributed by atoms with E-state index in [1.807, 2.05) is 20.8 Å². The van der Waals surface area contributed by atoms with Gasteiger partial charge in [-0.1, -0.05) is 76.1 Å². The SMILES string of the molecule is CCCCCN(Cc1ccc(OC(C(=O)O)c2ccccc2)cc1)C(=O)[C@H](CC(=O)O)NC(=O)C(CS)C(C)C. The maximum atomic E-state index is 13.6. The van der Waals surface area contributed by atoms with Crippen LogP contribution in [0, 0.1) is 11.8 Å². The molecule has 0 aromatic heterocycles. The molecule has 0 saturated carbocycles. The molecule has 0 bridgehead atoms. The van der Waals surface area contributed by atoms with E-state index < -0.39 is 48.2 Å². The average Bonchev–Trinajstić information content (AvgIpc) is 2.91. The van der Waals surface area contributed by atoms with Gasteiger partial charge in [0.05, 0.1) is 6.42 Å². The van der Waals surface area contributed by atoms with E-state index in [1.54, 1.807) is 59.5 Å². The average molecular weight is 573 g/mol. The van der Waals surface area contributed by atoms with Crippen LogP contribution in [0.25, 0.3) is 0 Å². The van der Waals surface area contributed by atoms with Gasteiger partial charge in [-0.2, -0.15) is 12.6 Å². The Kier molecular flexibility index (Phi) is 13.5. The summed E-state index contributed by atoms with van der Waals surface area (Å²) in [4.78, 5) is 51.4. The van der Waals surface area contributed by atoms with E-state index in [4.69, 9.17) is 4.74 Å². The number of carbonyl (C=O) groups is 4. The maximum absolute atomic E-state index is 13.6. The molecule has 0 radical (unpaired) electrons. The topological polar surface area (TPSA) is 133 Å². The van der Waals surface area contributed by atoms with Gasteiger partial charge >= 0.3 is 11.9 Å². The normalized spacial score (nSPS) is 13.2. The fraction of sp³-hybridized carbons (Fsp3) is 0.467. The summed E-state index contributed by atoms with van der Waals surface area (Å²) >= 11 is 4.25. The number of rotatable bonds is 17.